The Morgan fingerprint density at radius 1 is 1.38 bits per heavy atom. The van der Waals surface area contributed by atoms with Crippen molar-refractivity contribution in [2.75, 3.05) is 13.7 Å². The Labute approximate surface area is 124 Å². The molecule has 1 aliphatic rings. The summed E-state index contributed by atoms with van der Waals surface area (Å²) in [5, 5.41) is 9.34. The van der Waals surface area contributed by atoms with Crippen molar-refractivity contribution in [2.45, 2.75) is 18.6 Å². The third-order valence-electron chi connectivity index (χ3n) is 3.25. The number of halogens is 3. The van der Waals surface area contributed by atoms with Crippen LogP contribution < -0.4 is 0 Å². The standard InChI is InChI=1S/C13H12ClF2NO4/c1-21-13(20)11-2-6(18)5-17(11)12(19)7-3-9(15)10(16)4-8(7)14/h3-4,6,11,18H,2,5H2,1H3. The van der Waals surface area contributed by atoms with Crippen molar-refractivity contribution in [2.24, 2.45) is 0 Å². The van der Waals surface area contributed by atoms with Crippen LogP contribution in [0.25, 0.3) is 0 Å². The molecular formula is C13H12ClF2NO4. The van der Waals surface area contributed by atoms with E-state index in [1.54, 1.807) is 0 Å². The molecule has 1 fully saturated rings. The highest BCUT2D eigenvalue weighted by atomic mass is 35.5. The fourth-order valence-corrected chi connectivity index (χ4v) is 2.47. The molecular weight excluding hydrogens is 308 g/mol. The number of carbonyl (C=O) groups is 2. The van der Waals surface area contributed by atoms with Gasteiger partial charge in [-0.25, -0.2) is 13.6 Å². The minimum absolute atomic E-state index is 0.0136. The molecule has 1 heterocycles. The number of rotatable bonds is 2. The lowest BCUT2D eigenvalue weighted by atomic mass is 10.1. The van der Waals surface area contributed by atoms with Crippen LogP contribution in [0.3, 0.4) is 0 Å². The van der Waals surface area contributed by atoms with Gasteiger partial charge < -0.3 is 14.7 Å². The first kappa shape index (κ1) is 15.7. The van der Waals surface area contributed by atoms with Crippen molar-refractivity contribution in [3.8, 4) is 0 Å². The van der Waals surface area contributed by atoms with E-state index in [-0.39, 0.29) is 23.6 Å². The lowest BCUT2D eigenvalue weighted by Crippen LogP contribution is -2.41. The average molecular weight is 320 g/mol. The first-order valence-corrected chi connectivity index (χ1v) is 6.44. The fourth-order valence-electron chi connectivity index (χ4n) is 2.24. The van der Waals surface area contributed by atoms with Crippen molar-refractivity contribution < 1.29 is 28.2 Å². The number of aliphatic hydroxyl groups excluding tert-OH is 1. The topological polar surface area (TPSA) is 66.8 Å². The summed E-state index contributed by atoms with van der Waals surface area (Å²) >= 11 is 5.74. The largest absolute Gasteiger partial charge is 0.467 e. The van der Waals surface area contributed by atoms with Gasteiger partial charge in [-0.1, -0.05) is 11.6 Å². The van der Waals surface area contributed by atoms with E-state index in [0.29, 0.717) is 12.1 Å². The molecule has 1 aromatic carbocycles. The Morgan fingerprint density at radius 3 is 2.62 bits per heavy atom. The van der Waals surface area contributed by atoms with Crippen molar-refractivity contribution >= 4 is 23.5 Å². The molecule has 5 nitrogen and oxygen atoms in total. The molecule has 21 heavy (non-hydrogen) atoms. The molecule has 114 valence electrons. The first-order valence-electron chi connectivity index (χ1n) is 6.06. The van der Waals surface area contributed by atoms with E-state index in [9.17, 15) is 23.5 Å². The lowest BCUT2D eigenvalue weighted by molar-refractivity contribution is -0.145. The Kier molecular flexibility index (Phi) is 4.43. The molecule has 0 saturated carbocycles. The molecule has 0 bridgehead atoms. The van der Waals surface area contributed by atoms with E-state index >= 15 is 0 Å². The molecule has 0 aliphatic carbocycles. The second-order valence-electron chi connectivity index (χ2n) is 4.63. The van der Waals surface area contributed by atoms with Crippen LogP contribution in [0.5, 0.6) is 0 Å². The second kappa shape index (κ2) is 5.95. The molecule has 0 spiro atoms. The maximum atomic E-state index is 13.3. The fraction of sp³-hybridized carbons (Fsp3) is 0.385. The van der Waals surface area contributed by atoms with Crippen LogP contribution in [0.15, 0.2) is 12.1 Å². The summed E-state index contributed by atoms with van der Waals surface area (Å²) in [5.74, 6) is -3.87. The number of hydrogen-bond donors (Lipinski definition) is 1. The number of carbonyl (C=O) groups excluding carboxylic acids is 2. The Hall–Kier alpha value is -1.73. The zero-order valence-electron chi connectivity index (χ0n) is 11.0. The average Bonchev–Trinajstić information content (AvgIpc) is 2.83. The number of β-amino-alcohol motifs (C(OH)–C–C–N with tert-alkyl or cyclic N) is 1. The van der Waals surface area contributed by atoms with E-state index in [1.165, 1.54) is 0 Å². The number of esters is 1. The number of likely N-dealkylation sites (tertiary alicyclic amines) is 1. The number of nitrogens with zero attached hydrogens (tertiary/aromatic N) is 1. The van der Waals surface area contributed by atoms with Gasteiger partial charge in [0, 0.05) is 13.0 Å². The Morgan fingerprint density at radius 2 is 2.00 bits per heavy atom. The van der Waals surface area contributed by atoms with Crippen LogP contribution in [0.4, 0.5) is 8.78 Å². The zero-order chi connectivity index (χ0) is 15.7. The number of hydrogen-bond acceptors (Lipinski definition) is 4. The van der Waals surface area contributed by atoms with Gasteiger partial charge >= 0.3 is 5.97 Å². The molecule has 1 aliphatic heterocycles. The molecule has 1 amide bonds. The normalized spacial score (nSPS) is 21.5. The van der Waals surface area contributed by atoms with Gasteiger partial charge in [-0.05, 0) is 12.1 Å². The summed E-state index contributed by atoms with van der Waals surface area (Å²) in [4.78, 5) is 25.0. The highest BCUT2D eigenvalue weighted by Gasteiger charge is 2.40. The quantitative estimate of drug-likeness (QED) is 0.660. The van der Waals surface area contributed by atoms with Crippen LogP contribution in [0.2, 0.25) is 5.02 Å². The monoisotopic (exact) mass is 319 g/mol. The van der Waals surface area contributed by atoms with Gasteiger partial charge in [-0.2, -0.15) is 0 Å². The number of aliphatic hydroxyl groups is 1. The van der Waals surface area contributed by atoms with Crippen molar-refractivity contribution in [1.29, 1.82) is 0 Å². The molecule has 0 aromatic heterocycles. The lowest BCUT2D eigenvalue weighted by Gasteiger charge is -2.22. The second-order valence-corrected chi connectivity index (χ2v) is 5.04. The maximum absolute atomic E-state index is 13.3. The van der Waals surface area contributed by atoms with Gasteiger partial charge in [-0.3, -0.25) is 4.79 Å². The molecule has 8 heteroatoms. The van der Waals surface area contributed by atoms with Crippen LogP contribution >= 0.6 is 11.6 Å². The minimum atomic E-state index is -1.22. The third-order valence-corrected chi connectivity index (χ3v) is 3.57. The smallest absolute Gasteiger partial charge is 0.328 e. The van der Waals surface area contributed by atoms with Crippen molar-refractivity contribution in [1.82, 2.24) is 4.90 Å². The van der Waals surface area contributed by atoms with Crippen molar-refractivity contribution in [3.63, 3.8) is 0 Å². The molecule has 1 aromatic rings. The summed E-state index contributed by atoms with van der Waals surface area (Å²) < 4.78 is 30.8. The SMILES string of the molecule is COC(=O)C1CC(O)CN1C(=O)c1cc(F)c(F)cc1Cl. The summed E-state index contributed by atoms with van der Waals surface area (Å²) in [6.07, 6.45) is -0.887. The van der Waals surface area contributed by atoms with Crippen molar-refractivity contribution in [3.05, 3.63) is 34.4 Å². The van der Waals surface area contributed by atoms with Gasteiger partial charge in [0.1, 0.15) is 6.04 Å². The van der Waals surface area contributed by atoms with Crippen LogP contribution in [-0.2, 0) is 9.53 Å². The van der Waals surface area contributed by atoms with Gasteiger partial charge in [0.25, 0.3) is 5.91 Å². The van der Waals surface area contributed by atoms with Gasteiger partial charge in [-0.15, -0.1) is 0 Å². The Bertz CT molecular complexity index is 596. The zero-order valence-corrected chi connectivity index (χ0v) is 11.7. The number of ether oxygens (including phenoxy) is 1. The van der Waals surface area contributed by atoms with Gasteiger partial charge in [0.2, 0.25) is 0 Å². The number of amides is 1. The molecule has 2 unspecified atom stereocenters. The van der Waals surface area contributed by atoms with Gasteiger partial charge in [0.05, 0.1) is 23.8 Å². The van der Waals surface area contributed by atoms with E-state index in [0.717, 1.165) is 12.0 Å². The van der Waals surface area contributed by atoms with E-state index in [1.807, 2.05) is 0 Å². The Balaban J connectivity index is 2.34. The number of methoxy groups -OCH3 is 1. The molecule has 2 rings (SSSR count). The van der Waals surface area contributed by atoms with E-state index in [2.05, 4.69) is 4.74 Å². The molecule has 0 radical (unpaired) electrons. The van der Waals surface area contributed by atoms with E-state index < -0.39 is 35.7 Å². The van der Waals surface area contributed by atoms with Crippen LogP contribution in [0.1, 0.15) is 16.8 Å². The van der Waals surface area contributed by atoms with Crippen LogP contribution in [-0.4, -0.2) is 47.7 Å². The highest BCUT2D eigenvalue weighted by molar-refractivity contribution is 6.33. The summed E-state index contributed by atoms with van der Waals surface area (Å²) in [6, 6.07) is 0.365. The minimum Gasteiger partial charge on any atom is -0.467 e. The third kappa shape index (κ3) is 2.98. The highest BCUT2D eigenvalue weighted by Crippen LogP contribution is 2.26. The molecule has 2 atom stereocenters. The number of benzene rings is 1. The summed E-state index contributed by atoms with van der Waals surface area (Å²) in [7, 11) is 1.15. The predicted octanol–water partition coefficient (Wildman–Crippen LogP) is 1.37. The predicted molar refractivity (Wildman–Crippen MR) is 68.8 cm³/mol. The van der Waals surface area contributed by atoms with Crippen LogP contribution in [0, 0.1) is 11.6 Å². The molecule has 1 saturated heterocycles. The first-order chi connectivity index (χ1) is 9.85. The summed E-state index contributed by atoms with van der Waals surface area (Å²) in [6.45, 7) is -0.117. The molecule has 1 N–H and O–H groups in total. The van der Waals surface area contributed by atoms with E-state index in [4.69, 9.17) is 11.6 Å². The maximum Gasteiger partial charge on any atom is 0.328 e. The van der Waals surface area contributed by atoms with Gasteiger partial charge in [0.15, 0.2) is 11.6 Å². The summed E-state index contributed by atoms with van der Waals surface area (Å²) in [5.41, 5.74) is -0.279.